The number of epoxide rings is 1. The Morgan fingerprint density at radius 1 is 0.833 bits per heavy atom. The summed E-state index contributed by atoms with van der Waals surface area (Å²) in [5, 5.41) is 105. The van der Waals surface area contributed by atoms with Crippen LogP contribution in [0.3, 0.4) is 0 Å². The number of unbranched alkanes of at least 4 members (excludes halogenated alkanes) is 1. The number of carbonyl (C=O) groups excluding carboxylic acids is 4. The third-order valence-electron chi connectivity index (χ3n) is 7.39. The van der Waals surface area contributed by atoms with Crippen LogP contribution in [-0.2, 0) is 23.9 Å². The minimum Gasteiger partial charge on any atom is -0.394 e. The highest BCUT2D eigenvalue weighted by molar-refractivity contribution is 5.92. The Hall–Kier alpha value is -7.10. The van der Waals surface area contributed by atoms with Gasteiger partial charge in [0.25, 0.3) is 0 Å². The first-order chi connectivity index (χ1) is 28.7. The fourth-order valence-corrected chi connectivity index (χ4v) is 3.82. The van der Waals surface area contributed by atoms with Crippen molar-refractivity contribution in [1.82, 2.24) is 10.6 Å². The number of rotatable bonds is 13. The van der Waals surface area contributed by atoms with E-state index in [4.69, 9.17) is 78.7 Å². The number of aliphatic hydroxyl groups is 4. The van der Waals surface area contributed by atoms with Crippen molar-refractivity contribution in [3.05, 3.63) is 12.7 Å². The van der Waals surface area contributed by atoms with Gasteiger partial charge in [0.1, 0.15) is 0 Å². The van der Waals surface area contributed by atoms with Crippen LogP contribution in [0.25, 0.3) is 0 Å². The van der Waals surface area contributed by atoms with Crippen LogP contribution in [0, 0.1) is 133 Å². The summed E-state index contributed by atoms with van der Waals surface area (Å²) in [6, 6.07) is 15.0. The summed E-state index contributed by atoms with van der Waals surface area (Å²) in [5.41, 5.74) is 9.63. The highest BCUT2D eigenvalue weighted by Crippen LogP contribution is 2.22. The Bertz CT molecular complexity index is 1650. The number of nitrogens with two attached hydrogens (primary N) is 2. The standard InChI is InChI=1S/C6H12N2O4.2C6H8N2O2.C6H6N2O.C6H6N2.C4H4N2.C3H6.C2H2/c7-5(11)1-3(6(8)12)4(10)2-9;9-5-1-3-4(8-5)2-7-6(3)10;7-2-1-5(3-8)6(10)4-9;7-2-1-5(3-8)6-4-9-6;1-2-6(5-8)3-4-7;5-3-1-2-4-6;1-2-3-1;1-2/h3-4,9-10H,1-2H2,(H2,7,11)(H2,8,12);3-4H,1-2H2,(H,7,10)(H,8,9);5-6,9-10H,1,4H2;5-6H,1,4H2;2,6H,1,3H2;1-2H2;1-3H2;1-2H. The van der Waals surface area contributed by atoms with Gasteiger partial charge in [0, 0.05) is 32.2 Å². The van der Waals surface area contributed by atoms with Crippen LogP contribution in [0.15, 0.2) is 12.7 Å². The number of allylic oxidation sites excluding steroid dienone is 1. The van der Waals surface area contributed by atoms with Gasteiger partial charge >= 0.3 is 0 Å². The quantitative estimate of drug-likeness (QED) is 0.0489. The third-order valence-corrected chi connectivity index (χ3v) is 7.39. The molecule has 4 amide bonds. The number of carbonyl (C=O) groups is 4. The number of primary amides is 2. The Morgan fingerprint density at radius 3 is 1.65 bits per heavy atom. The Kier molecular flexibility index (Phi) is 39.8. The van der Waals surface area contributed by atoms with Crippen LogP contribution in [0.4, 0.5) is 0 Å². The topological polar surface area (TPSA) is 428 Å². The second-order valence-electron chi connectivity index (χ2n) is 12.2. The van der Waals surface area contributed by atoms with Crippen molar-refractivity contribution >= 4 is 23.6 Å². The number of hydrogen-bond donors (Lipinski definition) is 8. The number of fused-ring (bicyclic) bond motifs is 1. The summed E-state index contributed by atoms with van der Waals surface area (Å²) in [4.78, 5) is 42.5. The molecule has 3 heterocycles. The zero-order chi connectivity index (χ0) is 46.9. The van der Waals surface area contributed by atoms with Gasteiger partial charge in [-0.3, -0.25) is 19.2 Å². The van der Waals surface area contributed by atoms with Gasteiger partial charge in [-0.15, -0.1) is 19.4 Å². The van der Waals surface area contributed by atoms with Crippen LogP contribution >= 0.6 is 0 Å². The van der Waals surface area contributed by atoms with E-state index in [1.165, 1.54) is 25.3 Å². The molecule has 10 N–H and O–H groups in total. The minimum absolute atomic E-state index is 0.00449. The molecule has 1 aliphatic carbocycles. The van der Waals surface area contributed by atoms with Crippen molar-refractivity contribution in [2.45, 2.75) is 88.6 Å². The van der Waals surface area contributed by atoms with Gasteiger partial charge in [-0.1, -0.05) is 25.3 Å². The number of amides is 4. The number of hydrogen-bond acceptors (Lipinski definition) is 17. The fourth-order valence-electron chi connectivity index (χ4n) is 3.82. The maximum absolute atomic E-state index is 10.9. The van der Waals surface area contributed by atoms with Crippen molar-refractivity contribution in [3.63, 3.8) is 0 Å². The van der Waals surface area contributed by atoms with Crippen molar-refractivity contribution in [2.75, 3.05) is 26.4 Å². The normalized spacial score (nSPS) is 18.8. The lowest BCUT2D eigenvalue weighted by molar-refractivity contribution is -0.131. The van der Waals surface area contributed by atoms with E-state index >= 15 is 0 Å². The van der Waals surface area contributed by atoms with E-state index in [0.29, 0.717) is 38.8 Å². The average molecular weight is 833 g/mol. The van der Waals surface area contributed by atoms with Gasteiger partial charge in [0.2, 0.25) is 23.6 Å². The predicted octanol–water partition coefficient (Wildman–Crippen LogP) is -0.772. The number of terminal acetylenes is 1. The van der Waals surface area contributed by atoms with Gasteiger partial charge < -0.3 is 47.3 Å². The molecule has 0 aromatic heterocycles. The Labute approximate surface area is 350 Å². The van der Waals surface area contributed by atoms with E-state index in [0.717, 1.165) is 0 Å². The van der Waals surface area contributed by atoms with Crippen LogP contribution in [0.2, 0.25) is 0 Å². The van der Waals surface area contributed by atoms with E-state index < -0.39 is 49.1 Å². The lowest BCUT2D eigenvalue weighted by Gasteiger charge is -2.15. The maximum atomic E-state index is 10.9. The van der Waals surface area contributed by atoms with Gasteiger partial charge in [0.05, 0.1) is 142 Å². The summed E-state index contributed by atoms with van der Waals surface area (Å²) in [6.45, 7) is 3.54. The molecule has 9 unspecified atom stereocenters. The molecule has 0 bridgehead atoms. The SMILES string of the molecule is C#C.C1CC1.C=CC(C#N)CC#N.N#CCC(C#N)C(O)CO.N#CCC(C#N)C1CO1.N#CCCC#N.NC(=O)CC(C(N)=O)C(O)CO.O=C1CC2C(=O)NCC2N1. The van der Waals surface area contributed by atoms with Crippen molar-refractivity contribution in [3.8, 4) is 61.4 Å². The molecule has 9 atom stereocenters. The number of aliphatic hydroxyl groups excluding tert-OH is 4. The van der Waals surface area contributed by atoms with Crippen molar-refractivity contribution < 1.29 is 44.3 Å². The molecule has 0 aromatic carbocycles. The Morgan fingerprint density at radius 2 is 1.35 bits per heavy atom. The van der Waals surface area contributed by atoms with Crippen LogP contribution < -0.4 is 22.1 Å². The lowest BCUT2D eigenvalue weighted by atomic mass is 9.98. The molecule has 322 valence electrons. The van der Waals surface area contributed by atoms with E-state index in [-0.39, 0.29) is 61.0 Å². The lowest BCUT2D eigenvalue weighted by Crippen LogP contribution is -2.38. The summed E-state index contributed by atoms with van der Waals surface area (Å²) < 4.78 is 4.84. The van der Waals surface area contributed by atoms with Gasteiger partial charge in [-0.2, -0.15) is 42.1 Å². The molecule has 4 fully saturated rings. The summed E-state index contributed by atoms with van der Waals surface area (Å²) >= 11 is 0. The number of nitriles is 8. The highest BCUT2D eigenvalue weighted by Gasteiger charge is 2.41. The molecular weight excluding hydrogens is 781 g/mol. The zero-order valence-corrected chi connectivity index (χ0v) is 33.1. The molecule has 4 rings (SSSR count). The van der Waals surface area contributed by atoms with Gasteiger partial charge in [-0.05, 0) is 0 Å². The first kappa shape index (κ1) is 59.6. The molecule has 60 heavy (non-hydrogen) atoms. The zero-order valence-electron chi connectivity index (χ0n) is 33.1. The molecule has 3 saturated heterocycles. The van der Waals surface area contributed by atoms with Crippen LogP contribution in [0.5, 0.6) is 0 Å². The molecule has 1 saturated carbocycles. The number of nitrogens with zero attached hydrogens (tertiary/aromatic N) is 8. The van der Waals surface area contributed by atoms with Crippen LogP contribution in [0.1, 0.15) is 64.2 Å². The van der Waals surface area contributed by atoms with E-state index in [1.807, 2.05) is 36.4 Å². The highest BCUT2D eigenvalue weighted by atomic mass is 16.6. The first-order valence-electron chi connectivity index (χ1n) is 18.0. The number of nitrogens with one attached hydrogen (secondary N) is 2. The molecule has 0 spiro atoms. The van der Waals surface area contributed by atoms with E-state index in [9.17, 15) is 19.2 Å². The second kappa shape index (κ2) is 40.1. The second-order valence-corrected chi connectivity index (χ2v) is 12.2. The average Bonchev–Trinajstić information content (AvgIpc) is 4.20. The molecule has 0 radical (unpaired) electrons. The first-order valence-corrected chi connectivity index (χ1v) is 18.0. The van der Waals surface area contributed by atoms with Crippen LogP contribution in [-0.4, -0.2) is 94.8 Å². The third kappa shape index (κ3) is 33.1. The van der Waals surface area contributed by atoms with Crippen molar-refractivity contribution in [2.24, 2.45) is 41.1 Å². The summed E-state index contributed by atoms with van der Waals surface area (Å²) in [5.74, 6) is -4.03. The van der Waals surface area contributed by atoms with Crippen molar-refractivity contribution in [1.29, 1.82) is 42.1 Å². The maximum Gasteiger partial charge on any atom is 0.225 e. The molecular formula is C39H52N12O9. The van der Waals surface area contributed by atoms with Gasteiger partial charge in [0.15, 0.2) is 0 Å². The van der Waals surface area contributed by atoms with Gasteiger partial charge in [-0.25, -0.2) is 0 Å². The Balaban J connectivity index is -0.000000309. The molecule has 21 heteroatoms. The summed E-state index contributed by atoms with van der Waals surface area (Å²) in [7, 11) is 0. The minimum atomic E-state index is -1.32. The molecule has 21 nitrogen and oxygen atoms in total. The van der Waals surface area contributed by atoms with E-state index in [2.05, 4.69) is 30.1 Å². The molecule has 0 aromatic rings. The monoisotopic (exact) mass is 832 g/mol. The van der Waals surface area contributed by atoms with E-state index in [1.54, 1.807) is 12.1 Å². The summed E-state index contributed by atoms with van der Waals surface area (Å²) in [6.07, 6.45) is 12.8. The molecule has 4 aliphatic rings. The molecule has 3 aliphatic heterocycles. The number of ether oxygens (including phenoxy) is 1. The smallest absolute Gasteiger partial charge is 0.225 e. The fraction of sp³-hybridized carbons (Fsp3) is 0.590. The predicted molar refractivity (Wildman–Crippen MR) is 208 cm³/mol. The largest absolute Gasteiger partial charge is 0.394 e.